The smallest absolute Gasteiger partial charge is 0.407 e. The molecule has 0 bridgehead atoms. The van der Waals surface area contributed by atoms with Crippen LogP contribution in [0, 0.1) is 0 Å². The zero-order valence-electron chi connectivity index (χ0n) is 18.3. The molecule has 3 N–H and O–H groups in total. The second-order valence-electron chi connectivity index (χ2n) is 7.80. The SMILES string of the molecule is O=C(NCC(NC(=O)OCC1c2ccccc2-c2ccccc21)C(=O)O)OCc1ccccc1. The first kappa shape index (κ1) is 22.8. The van der Waals surface area contributed by atoms with Gasteiger partial charge in [-0.3, -0.25) is 0 Å². The molecule has 1 unspecified atom stereocenters. The molecule has 0 heterocycles. The molecule has 0 saturated carbocycles. The van der Waals surface area contributed by atoms with E-state index in [1.807, 2.05) is 66.7 Å². The molecule has 2 amide bonds. The van der Waals surface area contributed by atoms with Crippen molar-refractivity contribution in [3.8, 4) is 11.1 Å². The first-order valence-corrected chi connectivity index (χ1v) is 10.8. The van der Waals surface area contributed by atoms with Crippen molar-refractivity contribution in [2.24, 2.45) is 0 Å². The summed E-state index contributed by atoms with van der Waals surface area (Å²) in [6.45, 7) is -0.254. The van der Waals surface area contributed by atoms with E-state index in [0.717, 1.165) is 27.8 Å². The highest BCUT2D eigenvalue weighted by atomic mass is 16.6. The third-order valence-electron chi connectivity index (χ3n) is 5.60. The zero-order valence-corrected chi connectivity index (χ0v) is 18.3. The van der Waals surface area contributed by atoms with Crippen molar-refractivity contribution in [3.63, 3.8) is 0 Å². The average molecular weight is 460 g/mol. The minimum atomic E-state index is -1.38. The Hall–Kier alpha value is -4.33. The van der Waals surface area contributed by atoms with Crippen LogP contribution in [0.3, 0.4) is 0 Å². The first-order chi connectivity index (χ1) is 16.5. The molecule has 34 heavy (non-hydrogen) atoms. The molecule has 1 aliphatic rings. The van der Waals surface area contributed by atoms with Gasteiger partial charge in [0, 0.05) is 5.92 Å². The highest BCUT2D eigenvalue weighted by Crippen LogP contribution is 2.44. The molecule has 174 valence electrons. The van der Waals surface area contributed by atoms with Gasteiger partial charge in [0.05, 0.1) is 6.54 Å². The number of alkyl carbamates (subject to hydrolysis) is 2. The Morgan fingerprint density at radius 3 is 2.00 bits per heavy atom. The molecule has 8 nitrogen and oxygen atoms in total. The third-order valence-corrected chi connectivity index (χ3v) is 5.60. The molecule has 0 saturated heterocycles. The number of hydrogen-bond donors (Lipinski definition) is 3. The van der Waals surface area contributed by atoms with Crippen LogP contribution in [-0.4, -0.2) is 42.5 Å². The second kappa shape index (κ2) is 10.5. The number of nitrogens with one attached hydrogen (secondary N) is 2. The van der Waals surface area contributed by atoms with Crippen LogP contribution >= 0.6 is 0 Å². The van der Waals surface area contributed by atoms with Gasteiger partial charge in [-0.2, -0.15) is 0 Å². The summed E-state index contributed by atoms with van der Waals surface area (Å²) in [5, 5.41) is 14.1. The summed E-state index contributed by atoms with van der Waals surface area (Å²) in [5.74, 6) is -1.45. The molecule has 0 aliphatic heterocycles. The van der Waals surface area contributed by atoms with Crippen LogP contribution in [0.15, 0.2) is 78.9 Å². The average Bonchev–Trinajstić information content (AvgIpc) is 3.18. The van der Waals surface area contributed by atoms with E-state index >= 15 is 0 Å². The molecule has 8 heteroatoms. The summed E-state index contributed by atoms with van der Waals surface area (Å²) >= 11 is 0. The lowest BCUT2D eigenvalue weighted by Crippen LogP contribution is -2.48. The Balaban J connectivity index is 1.29. The number of carbonyl (C=O) groups excluding carboxylic acids is 2. The Bertz CT molecular complexity index is 1140. The van der Waals surface area contributed by atoms with E-state index in [0.29, 0.717) is 0 Å². The number of fused-ring (bicyclic) bond motifs is 3. The summed E-state index contributed by atoms with van der Waals surface area (Å²) < 4.78 is 10.4. The molecule has 1 atom stereocenters. The van der Waals surface area contributed by atoms with Crippen LogP contribution in [-0.2, 0) is 20.9 Å². The molecule has 0 spiro atoms. The maximum Gasteiger partial charge on any atom is 0.407 e. The van der Waals surface area contributed by atoms with E-state index in [2.05, 4.69) is 10.6 Å². The maximum absolute atomic E-state index is 12.4. The maximum atomic E-state index is 12.4. The third kappa shape index (κ3) is 5.35. The van der Waals surface area contributed by atoms with E-state index in [9.17, 15) is 19.5 Å². The summed E-state index contributed by atoms with van der Waals surface area (Å²) in [6.07, 6.45) is -1.67. The van der Waals surface area contributed by atoms with Gasteiger partial charge in [-0.05, 0) is 27.8 Å². The van der Waals surface area contributed by atoms with Crippen LogP contribution < -0.4 is 10.6 Å². The Morgan fingerprint density at radius 2 is 1.38 bits per heavy atom. The van der Waals surface area contributed by atoms with Gasteiger partial charge in [0.15, 0.2) is 0 Å². The van der Waals surface area contributed by atoms with Crippen molar-refractivity contribution in [2.45, 2.75) is 18.6 Å². The van der Waals surface area contributed by atoms with Gasteiger partial charge in [0.25, 0.3) is 0 Å². The molecule has 1 aliphatic carbocycles. The zero-order chi connectivity index (χ0) is 23.9. The monoisotopic (exact) mass is 460 g/mol. The number of amides is 2. The molecule has 4 rings (SSSR count). The Kier molecular flexibility index (Phi) is 7.07. The fourth-order valence-corrected chi connectivity index (χ4v) is 3.94. The Labute approximate surface area is 196 Å². The lowest BCUT2D eigenvalue weighted by Gasteiger charge is -2.18. The fraction of sp³-hybridized carbons (Fsp3) is 0.192. The fourth-order valence-electron chi connectivity index (χ4n) is 3.94. The minimum absolute atomic E-state index is 0.0459. The lowest BCUT2D eigenvalue weighted by molar-refractivity contribution is -0.139. The van der Waals surface area contributed by atoms with Crippen molar-refractivity contribution in [2.75, 3.05) is 13.2 Å². The van der Waals surface area contributed by atoms with Crippen LogP contribution in [0.25, 0.3) is 11.1 Å². The highest BCUT2D eigenvalue weighted by Gasteiger charge is 2.29. The standard InChI is InChI=1S/C26H24N2O6/c29-24(30)23(14-27-25(31)33-15-17-8-2-1-3-9-17)28-26(32)34-16-22-20-12-6-4-10-18(20)19-11-5-7-13-21(19)22/h1-13,22-23H,14-16H2,(H,27,31)(H,28,32)(H,29,30). The van der Waals surface area contributed by atoms with Crippen LogP contribution in [0.1, 0.15) is 22.6 Å². The first-order valence-electron chi connectivity index (χ1n) is 10.8. The van der Waals surface area contributed by atoms with Crippen molar-refractivity contribution >= 4 is 18.2 Å². The lowest BCUT2D eigenvalue weighted by atomic mass is 9.98. The van der Waals surface area contributed by atoms with E-state index in [1.165, 1.54) is 0 Å². The van der Waals surface area contributed by atoms with Crippen molar-refractivity contribution < 1.29 is 29.0 Å². The van der Waals surface area contributed by atoms with E-state index < -0.39 is 24.2 Å². The Morgan fingerprint density at radius 1 is 0.794 bits per heavy atom. The summed E-state index contributed by atoms with van der Waals surface area (Å²) in [7, 11) is 0. The molecular formula is C26H24N2O6. The van der Waals surface area contributed by atoms with Gasteiger partial charge >= 0.3 is 18.2 Å². The van der Waals surface area contributed by atoms with E-state index in [-0.39, 0.29) is 25.7 Å². The van der Waals surface area contributed by atoms with Crippen LogP contribution in [0.5, 0.6) is 0 Å². The number of carboxylic acids is 1. The largest absolute Gasteiger partial charge is 0.480 e. The van der Waals surface area contributed by atoms with Crippen LogP contribution in [0.2, 0.25) is 0 Å². The predicted molar refractivity (Wildman–Crippen MR) is 124 cm³/mol. The number of carboxylic acid groups (broad SMARTS) is 1. The van der Waals surface area contributed by atoms with Crippen molar-refractivity contribution in [1.82, 2.24) is 10.6 Å². The van der Waals surface area contributed by atoms with E-state index in [1.54, 1.807) is 12.1 Å². The van der Waals surface area contributed by atoms with Crippen LogP contribution in [0.4, 0.5) is 9.59 Å². The molecule has 3 aromatic rings. The number of rotatable bonds is 8. The molecule has 0 radical (unpaired) electrons. The normalized spacial score (nSPS) is 12.7. The summed E-state index contributed by atoms with van der Waals surface area (Å²) in [6, 6.07) is 23.5. The van der Waals surface area contributed by atoms with Gasteiger partial charge in [-0.1, -0.05) is 78.9 Å². The highest BCUT2D eigenvalue weighted by molar-refractivity contribution is 5.81. The van der Waals surface area contributed by atoms with Gasteiger partial charge in [-0.25, -0.2) is 14.4 Å². The molecular weight excluding hydrogens is 436 g/mol. The minimum Gasteiger partial charge on any atom is -0.480 e. The summed E-state index contributed by atoms with van der Waals surface area (Å²) in [5.41, 5.74) is 5.08. The molecule has 0 fully saturated rings. The van der Waals surface area contributed by atoms with Gasteiger partial charge in [0.1, 0.15) is 19.3 Å². The van der Waals surface area contributed by atoms with Crippen molar-refractivity contribution in [1.29, 1.82) is 0 Å². The molecule has 3 aromatic carbocycles. The topological polar surface area (TPSA) is 114 Å². The summed E-state index contributed by atoms with van der Waals surface area (Å²) in [4.78, 5) is 35.8. The number of benzene rings is 3. The van der Waals surface area contributed by atoms with Gasteiger partial charge in [-0.15, -0.1) is 0 Å². The second-order valence-corrected chi connectivity index (χ2v) is 7.80. The van der Waals surface area contributed by atoms with Gasteiger partial charge < -0.3 is 25.2 Å². The number of ether oxygens (including phenoxy) is 2. The van der Waals surface area contributed by atoms with Crippen molar-refractivity contribution in [3.05, 3.63) is 95.6 Å². The van der Waals surface area contributed by atoms with E-state index in [4.69, 9.17) is 9.47 Å². The number of hydrogen-bond acceptors (Lipinski definition) is 5. The number of aliphatic carboxylic acids is 1. The molecule has 0 aromatic heterocycles. The number of carbonyl (C=O) groups is 3. The predicted octanol–water partition coefficient (Wildman–Crippen LogP) is 3.90. The quantitative estimate of drug-likeness (QED) is 0.470. The van der Waals surface area contributed by atoms with Gasteiger partial charge in [0.2, 0.25) is 0 Å².